The SMILES string of the molecule is Cc1ccc(OCCCCn2c(-c3cccc(Cl)c3)nc3ccccc32)cc1. The van der Waals surface area contributed by atoms with Crippen molar-refractivity contribution >= 4 is 22.6 Å². The Morgan fingerprint density at radius 3 is 2.57 bits per heavy atom. The molecule has 0 N–H and O–H groups in total. The molecule has 1 heterocycles. The molecule has 0 aliphatic heterocycles. The summed E-state index contributed by atoms with van der Waals surface area (Å²) < 4.78 is 8.14. The van der Waals surface area contributed by atoms with Crippen LogP contribution in [0.15, 0.2) is 72.8 Å². The fourth-order valence-corrected chi connectivity index (χ4v) is 3.54. The Bertz CT molecular complexity index is 1070. The molecule has 0 aliphatic rings. The summed E-state index contributed by atoms with van der Waals surface area (Å²) in [5, 5.41) is 0.725. The van der Waals surface area contributed by atoms with Crippen molar-refractivity contribution in [3.05, 3.63) is 83.4 Å². The first-order chi connectivity index (χ1) is 13.7. The lowest BCUT2D eigenvalue weighted by molar-refractivity contribution is 0.303. The molecule has 0 spiro atoms. The van der Waals surface area contributed by atoms with Gasteiger partial charge < -0.3 is 9.30 Å². The standard InChI is InChI=1S/C24H23ClN2O/c1-18-11-13-21(14-12-18)28-16-5-4-15-27-23-10-3-2-9-22(23)26-24(27)19-7-6-8-20(25)17-19/h2-3,6-14,17H,4-5,15-16H2,1H3. The van der Waals surface area contributed by atoms with Gasteiger partial charge in [0.2, 0.25) is 0 Å². The van der Waals surface area contributed by atoms with Gasteiger partial charge in [0.15, 0.2) is 0 Å². The average Bonchev–Trinajstić information content (AvgIpc) is 3.08. The molecule has 4 rings (SSSR count). The van der Waals surface area contributed by atoms with Crippen LogP contribution in [0.5, 0.6) is 5.75 Å². The van der Waals surface area contributed by atoms with Gasteiger partial charge in [0.1, 0.15) is 11.6 Å². The van der Waals surface area contributed by atoms with Crippen LogP contribution in [0, 0.1) is 6.92 Å². The number of rotatable bonds is 7. The van der Waals surface area contributed by atoms with E-state index < -0.39 is 0 Å². The van der Waals surface area contributed by atoms with Gasteiger partial charge in [0.05, 0.1) is 17.6 Å². The number of hydrogen-bond donors (Lipinski definition) is 0. The van der Waals surface area contributed by atoms with Crippen molar-refractivity contribution in [1.29, 1.82) is 0 Å². The van der Waals surface area contributed by atoms with E-state index in [-0.39, 0.29) is 0 Å². The van der Waals surface area contributed by atoms with Gasteiger partial charge in [-0.3, -0.25) is 0 Å². The zero-order chi connectivity index (χ0) is 19.3. The number of para-hydroxylation sites is 2. The van der Waals surface area contributed by atoms with Crippen molar-refractivity contribution in [2.24, 2.45) is 0 Å². The maximum Gasteiger partial charge on any atom is 0.141 e. The van der Waals surface area contributed by atoms with Gasteiger partial charge >= 0.3 is 0 Å². The predicted molar refractivity (Wildman–Crippen MR) is 116 cm³/mol. The summed E-state index contributed by atoms with van der Waals surface area (Å²) in [6, 6.07) is 24.3. The number of ether oxygens (including phenoxy) is 1. The van der Waals surface area contributed by atoms with E-state index in [9.17, 15) is 0 Å². The smallest absolute Gasteiger partial charge is 0.141 e. The fraction of sp³-hybridized carbons (Fsp3) is 0.208. The lowest BCUT2D eigenvalue weighted by Gasteiger charge is -2.10. The molecule has 4 heteroatoms. The number of hydrogen-bond acceptors (Lipinski definition) is 2. The highest BCUT2D eigenvalue weighted by atomic mass is 35.5. The Labute approximate surface area is 170 Å². The summed E-state index contributed by atoms with van der Waals surface area (Å²) >= 11 is 6.21. The monoisotopic (exact) mass is 390 g/mol. The van der Waals surface area contributed by atoms with Crippen molar-refractivity contribution in [1.82, 2.24) is 9.55 Å². The van der Waals surface area contributed by atoms with Gasteiger partial charge in [0.25, 0.3) is 0 Å². The van der Waals surface area contributed by atoms with Gasteiger partial charge in [-0.05, 0) is 56.2 Å². The number of halogens is 1. The maximum absolute atomic E-state index is 6.21. The van der Waals surface area contributed by atoms with E-state index in [1.165, 1.54) is 5.56 Å². The first kappa shape index (κ1) is 18.6. The number of fused-ring (bicyclic) bond motifs is 1. The minimum Gasteiger partial charge on any atom is -0.494 e. The van der Waals surface area contributed by atoms with Gasteiger partial charge in [-0.1, -0.05) is 53.6 Å². The highest BCUT2D eigenvalue weighted by molar-refractivity contribution is 6.30. The van der Waals surface area contributed by atoms with Crippen LogP contribution in [-0.4, -0.2) is 16.2 Å². The van der Waals surface area contributed by atoms with Crippen molar-refractivity contribution in [2.45, 2.75) is 26.3 Å². The van der Waals surface area contributed by atoms with Crippen molar-refractivity contribution < 1.29 is 4.74 Å². The molecule has 0 amide bonds. The highest BCUT2D eigenvalue weighted by Crippen LogP contribution is 2.27. The van der Waals surface area contributed by atoms with Crippen LogP contribution < -0.4 is 4.74 Å². The molecular formula is C24H23ClN2O. The molecule has 0 aliphatic carbocycles. The normalized spacial score (nSPS) is 11.1. The molecule has 0 radical (unpaired) electrons. The number of unbranched alkanes of at least 4 members (excludes halogenated alkanes) is 1. The summed E-state index contributed by atoms with van der Waals surface area (Å²) in [6.07, 6.45) is 2.00. The molecule has 3 nitrogen and oxygen atoms in total. The first-order valence-corrected chi connectivity index (χ1v) is 9.99. The molecule has 28 heavy (non-hydrogen) atoms. The van der Waals surface area contributed by atoms with Crippen LogP contribution in [0.1, 0.15) is 18.4 Å². The Morgan fingerprint density at radius 2 is 1.75 bits per heavy atom. The fourth-order valence-electron chi connectivity index (χ4n) is 3.35. The van der Waals surface area contributed by atoms with Crippen LogP contribution in [0.4, 0.5) is 0 Å². The molecule has 0 fully saturated rings. The maximum atomic E-state index is 6.21. The second kappa shape index (κ2) is 8.49. The summed E-state index contributed by atoms with van der Waals surface area (Å²) in [6.45, 7) is 3.68. The summed E-state index contributed by atoms with van der Waals surface area (Å²) in [5.41, 5.74) is 4.44. The predicted octanol–water partition coefficient (Wildman–Crippen LogP) is 6.52. The van der Waals surface area contributed by atoms with Crippen LogP contribution in [0.2, 0.25) is 5.02 Å². The van der Waals surface area contributed by atoms with E-state index >= 15 is 0 Å². The first-order valence-electron chi connectivity index (χ1n) is 9.61. The van der Waals surface area contributed by atoms with E-state index in [1.807, 2.05) is 36.4 Å². The van der Waals surface area contributed by atoms with E-state index in [2.05, 4.69) is 47.9 Å². The lowest BCUT2D eigenvalue weighted by atomic mass is 10.2. The number of nitrogens with zero attached hydrogens (tertiary/aromatic N) is 2. The zero-order valence-electron chi connectivity index (χ0n) is 15.9. The Morgan fingerprint density at radius 1 is 0.929 bits per heavy atom. The van der Waals surface area contributed by atoms with Crippen LogP contribution in [0.3, 0.4) is 0 Å². The summed E-state index contributed by atoms with van der Waals surface area (Å²) in [5.74, 6) is 1.89. The third-order valence-corrected chi connectivity index (χ3v) is 5.04. The van der Waals surface area contributed by atoms with Crippen LogP contribution in [0.25, 0.3) is 22.4 Å². The molecule has 0 saturated heterocycles. The summed E-state index contributed by atoms with van der Waals surface area (Å²) in [4.78, 5) is 4.85. The molecule has 0 atom stereocenters. The minimum absolute atomic E-state index is 0.711. The Hall–Kier alpha value is -2.78. The highest BCUT2D eigenvalue weighted by Gasteiger charge is 2.12. The minimum atomic E-state index is 0.711. The second-order valence-corrected chi connectivity index (χ2v) is 7.39. The molecule has 0 unspecified atom stereocenters. The molecule has 4 aromatic rings. The number of aromatic nitrogens is 2. The van der Waals surface area contributed by atoms with Gasteiger partial charge in [-0.15, -0.1) is 0 Å². The number of benzene rings is 3. The third kappa shape index (κ3) is 4.20. The lowest BCUT2D eigenvalue weighted by Crippen LogP contribution is -2.04. The second-order valence-electron chi connectivity index (χ2n) is 6.95. The van der Waals surface area contributed by atoms with E-state index in [4.69, 9.17) is 21.3 Å². The average molecular weight is 391 g/mol. The number of imidazole rings is 1. The molecule has 1 aromatic heterocycles. The molecule has 0 saturated carbocycles. The Balaban J connectivity index is 1.46. The molecule has 142 valence electrons. The third-order valence-electron chi connectivity index (χ3n) is 4.80. The molecular weight excluding hydrogens is 368 g/mol. The molecule has 3 aromatic carbocycles. The van der Waals surface area contributed by atoms with Crippen molar-refractivity contribution in [3.8, 4) is 17.1 Å². The summed E-state index contributed by atoms with van der Waals surface area (Å²) in [7, 11) is 0. The Kier molecular flexibility index (Phi) is 5.63. The van der Waals surface area contributed by atoms with Crippen LogP contribution in [-0.2, 0) is 6.54 Å². The zero-order valence-corrected chi connectivity index (χ0v) is 16.7. The van der Waals surface area contributed by atoms with Gasteiger partial charge in [-0.2, -0.15) is 0 Å². The van der Waals surface area contributed by atoms with E-state index in [1.54, 1.807) is 0 Å². The number of aryl methyl sites for hydroxylation is 2. The van der Waals surface area contributed by atoms with Crippen molar-refractivity contribution in [2.75, 3.05) is 6.61 Å². The molecule has 0 bridgehead atoms. The van der Waals surface area contributed by atoms with Crippen LogP contribution >= 0.6 is 11.6 Å². The van der Waals surface area contributed by atoms with E-state index in [0.717, 1.165) is 52.6 Å². The van der Waals surface area contributed by atoms with Crippen molar-refractivity contribution in [3.63, 3.8) is 0 Å². The van der Waals surface area contributed by atoms with Gasteiger partial charge in [0, 0.05) is 17.1 Å². The topological polar surface area (TPSA) is 27.1 Å². The van der Waals surface area contributed by atoms with Gasteiger partial charge in [-0.25, -0.2) is 4.98 Å². The largest absolute Gasteiger partial charge is 0.494 e. The van der Waals surface area contributed by atoms with E-state index in [0.29, 0.717) is 6.61 Å². The quantitative estimate of drug-likeness (QED) is 0.335.